The number of nitrogens with two attached hydrogens (primary N) is 1. The second-order valence-corrected chi connectivity index (χ2v) is 11.9. The van der Waals surface area contributed by atoms with Crippen LogP contribution in [0.3, 0.4) is 0 Å². The van der Waals surface area contributed by atoms with Gasteiger partial charge in [0, 0.05) is 5.92 Å². The summed E-state index contributed by atoms with van der Waals surface area (Å²) in [7, 11) is -4.85. The number of ether oxygens (including phenoxy) is 1. The first kappa shape index (κ1) is 34.7. The zero-order chi connectivity index (χ0) is 30.0. The molecule has 3 amide bonds. The molecule has 0 heterocycles. The van der Waals surface area contributed by atoms with Crippen molar-refractivity contribution in [3.8, 4) is 0 Å². The van der Waals surface area contributed by atoms with Gasteiger partial charge in [-0.15, -0.1) is 0 Å². The number of rotatable bonds is 14. The first-order valence-corrected chi connectivity index (χ1v) is 14.5. The maximum atomic E-state index is 13.8. The number of aliphatic hydroxyl groups excluding tert-OH is 1. The number of amides is 3. The number of nitrogens with zero attached hydrogens (tertiary/aromatic N) is 1. The van der Waals surface area contributed by atoms with E-state index in [1.165, 1.54) is 0 Å². The number of benzene rings is 1. The van der Waals surface area contributed by atoms with Crippen molar-refractivity contribution >= 4 is 25.7 Å². The molecule has 0 aliphatic heterocycles. The first-order chi connectivity index (χ1) is 17.9. The first-order valence-electron chi connectivity index (χ1n) is 13.0. The molecule has 6 N–H and O–H groups in total. The largest absolute Gasteiger partial charge is 0.469 e. The van der Waals surface area contributed by atoms with E-state index in [-0.39, 0.29) is 18.8 Å². The summed E-state index contributed by atoms with van der Waals surface area (Å²) in [5.74, 6) is -2.60. The average Bonchev–Trinajstić information content (AvgIpc) is 2.83. The standard InChI is InChI=1S/C26H44N3O9P/c1-7-17(2)22(27)24(32)29(13-14-37-39(34,35)36)23(31)20(15-19-11-9-8-10-12-19)16-21(30)18(3)28-25(33)38-26(4,5)6/h8-12,17-18,20-22,30H,7,13-16,27H2,1-6H3,(H,28,33)(H2,34,35,36)/t17-,18-,20+,21-,22-/m0/s1. The number of aliphatic hydroxyl groups is 1. The maximum Gasteiger partial charge on any atom is 0.469 e. The highest BCUT2D eigenvalue weighted by Gasteiger charge is 2.35. The van der Waals surface area contributed by atoms with Gasteiger partial charge < -0.3 is 30.7 Å². The van der Waals surface area contributed by atoms with Gasteiger partial charge in [0.2, 0.25) is 11.8 Å². The molecule has 39 heavy (non-hydrogen) atoms. The molecule has 0 aliphatic carbocycles. The fourth-order valence-electron chi connectivity index (χ4n) is 3.73. The van der Waals surface area contributed by atoms with Gasteiger partial charge in [-0.1, -0.05) is 50.6 Å². The van der Waals surface area contributed by atoms with Crippen LogP contribution in [0.5, 0.6) is 0 Å². The Morgan fingerprint density at radius 2 is 1.69 bits per heavy atom. The zero-order valence-corrected chi connectivity index (χ0v) is 24.5. The lowest BCUT2D eigenvalue weighted by Crippen LogP contribution is -2.53. The van der Waals surface area contributed by atoms with Crippen LogP contribution in [0.4, 0.5) is 4.79 Å². The molecule has 1 aromatic rings. The van der Waals surface area contributed by atoms with Gasteiger partial charge in [0.1, 0.15) is 5.60 Å². The fourth-order valence-corrected chi connectivity index (χ4v) is 4.05. The molecule has 0 unspecified atom stereocenters. The molecule has 12 nitrogen and oxygen atoms in total. The molecular formula is C26H44N3O9P. The van der Waals surface area contributed by atoms with Crippen molar-refractivity contribution in [2.45, 2.75) is 84.6 Å². The van der Waals surface area contributed by atoms with Crippen LogP contribution in [0.2, 0.25) is 0 Å². The highest BCUT2D eigenvalue weighted by atomic mass is 31.2. The van der Waals surface area contributed by atoms with E-state index < -0.39 is 68.6 Å². The summed E-state index contributed by atoms with van der Waals surface area (Å²) in [5.41, 5.74) is 6.15. The molecule has 5 atom stereocenters. The van der Waals surface area contributed by atoms with Gasteiger partial charge in [-0.25, -0.2) is 9.36 Å². The number of imide groups is 1. The smallest absolute Gasteiger partial charge is 0.444 e. The van der Waals surface area contributed by atoms with Gasteiger partial charge in [-0.2, -0.15) is 0 Å². The van der Waals surface area contributed by atoms with Gasteiger partial charge in [0.15, 0.2) is 0 Å². The predicted octanol–water partition coefficient (Wildman–Crippen LogP) is 2.35. The van der Waals surface area contributed by atoms with Crippen molar-refractivity contribution in [3.05, 3.63) is 35.9 Å². The number of hydrogen-bond donors (Lipinski definition) is 5. The molecule has 0 fully saturated rings. The number of phosphoric ester groups is 1. The van der Waals surface area contributed by atoms with E-state index in [9.17, 15) is 24.1 Å². The zero-order valence-electron chi connectivity index (χ0n) is 23.6. The van der Waals surface area contributed by atoms with E-state index in [4.69, 9.17) is 20.3 Å². The van der Waals surface area contributed by atoms with Crippen molar-refractivity contribution in [1.29, 1.82) is 0 Å². The van der Waals surface area contributed by atoms with E-state index in [1.807, 2.05) is 13.0 Å². The number of nitrogens with one attached hydrogen (secondary N) is 1. The molecule has 222 valence electrons. The van der Waals surface area contributed by atoms with Crippen LogP contribution in [0.15, 0.2) is 30.3 Å². The Morgan fingerprint density at radius 3 is 2.21 bits per heavy atom. The van der Waals surface area contributed by atoms with Crippen molar-refractivity contribution in [3.63, 3.8) is 0 Å². The van der Waals surface area contributed by atoms with Gasteiger partial charge in [-0.05, 0) is 52.0 Å². The van der Waals surface area contributed by atoms with E-state index in [0.29, 0.717) is 6.42 Å². The average molecular weight is 574 g/mol. The second kappa shape index (κ2) is 15.4. The van der Waals surface area contributed by atoms with Crippen LogP contribution < -0.4 is 11.1 Å². The Bertz CT molecular complexity index is 981. The molecule has 0 aliphatic rings. The SMILES string of the molecule is CC[C@H](C)[C@H](N)C(=O)N(CCOP(=O)(O)O)C(=O)[C@H](Cc1ccccc1)C[C@H](O)[C@H](C)NC(=O)OC(C)(C)C. The van der Waals surface area contributed by atoms with E-state index in [2.05, 4.69) is 9.84 Å². The Morgan fingerprint density at radius 1 is 1.10 bits per heavy atom. The molecule has 1 rings (SSSR count). The van der Waals surface area contributed by atoms with Crippen LogP contribution in [0, 0.1) is 11.8 Å². The van der Waals surface area contributed by atoms with E-state index in [0.717, 1.165) is 10.5 Å². The summed E-state index contributed by atoms with van der Waals surface area (Å²) in [6, 6.07) is 7.14. The van der Waals surface area contributed by atoms with Crippen LogP contribution in [0.1, 0.15) is 59.9 Å². The lowest BCUT2D eigenvalue weighted by molar-refractivity contribution is -0.150. The maximum absolute atomic E-state index is 13.8. The summed E-state index contributed by atoms with van der Waals surface area (Å²) < 4.78 is 20.9. The summed E-state index contributed by atoms with van der Waals surface area (Å²) in [6.45, 7) is 9.22. The molecular weight excluding hydrogens is 529 g/mol. The molecule has 0 aromatic heterocycles. The Labute approximate surface area is 230 Å². The molecule has 0 saturated carbocycles. The number of hydrogen-bond acceptors (Lipinski definition) is 8. The summed E-state index contributed by atoms with van der Waals surface area (Å²) in [4.78, 5) is 58.3. The Hall–Kier alpha value is -2.34. The van der Waals surface area contributed by atoms with E-state index in [1.54, 1.807) is 58.9 Å². The third kappa shape index (κ3) is 13.0. The summed E-state index contributed by atoms with van der Waals surface area (Å²) in [6.07, 6.45) is -1.34. The monoisotopic (exact) mass is 573 g/mol. The Balaban J connectivity index is 3.24. The van der Waals surface area contributed by atoms with Crippen LogP contribution in [-0.4, -0.2) is 74.6 Å². The second-order valence-electron chi connectivity index (χ2n) is 10.7. The van der Waals surface area contributed by atoms with Crippen molar-refractivity contribution in [2.75, 3.05) is 13.2 Å². The van der Waals surface area contributed by atoms with Crippen molar-refractivity contribution in [2.24, 2.45) is 17.6 Å². The lowest BCUT2D eigenvalue weighted by atomic mass is 9.89. The highest BCUT2D eigenvalue weighted by Crippen LogP contribution is 2.35. The quantitative estimate of drug-likeness (QED) is 0.207. The molecule has 0 saturated heterocycles. The normalized spacial score (nSPS) is 15.9. The molecule has 1 aromatic carbocycles. The summed E-state index contributed by atoms with van der Waals surface area (Å²) in [5, 5.41) is 13.5. The van der Waals surface area contributed by atoms with Gasteiger partial charge >= 0.3 is 13.9 Å². The number of carbonyl (C=O) groups is 3. The minimum Gasteiger partial charge on any atom is -0.444 e. The van der Waals surface area contributed by atoms with E-state index >= 15 is 0 Å². The van der Waals surface area contributed by atoms with Gasteiger partial charge in [0.25, 0.3) is 0 Å². The third-order valence-corrected chi connectivity index (χ3v) is 6.69. The number of carbonyl (C=O) groups excluding carboxylic acids is 3. The number of alkyl carbamates (subject to hydrolysis) is 1. The van der Waals surface area contributed by atoms with Crippen molar-refractivity contribution < 1.29 is 43.1 Å². The topological polar surface area (TPSA) is 189 Å². The molecule has 13 heteroatoms. The number of phosphoric acid groups is 1. The molecule has 0 spiro atoms. The molecule has 0 bridgehead atoms. The highest BCUT2D eigenvalue weighted by molar-refractivity contribution is 7.46. The third-order valence-electron chi connectivity index (χ3n) is 6.17. The Kier molecular flexibility index (Phi) is 13.7. The van der Waals surface area contributed by atoms with Crippen LogP contribution >= 0.6 is 7.82 Å². The lowest BCUT2D eigenvalue weighted by Gasteiger charge is -2.31. The minimum absolute atomic E-state index is 0.133. The minimum atomic E-state index is -4.85. The molecule has 0 radical (unpaired) electrons. The van der Waals surface area contributed by atoms with Crippen LogP contribution in [0.25, 0.3) is 0 Å². The fraction of sp³-hybridized carbons (Fsp3) is 0.654. The summed E-state index contributed by atoms with van der Waals surface area (Å²) >= 11 is 0. The van der Waals surface area contributed by atoms with Gasteiger partial charge in [0.05, 0.1) is 31.3 Å². The predicted molar refractivity (Wildman–Crippen MR) is 145 cm³/mol. The van der Waals surface area contributed by atoms with Gasteiger partial charge in [-0.3, -0.25) is 19.0 Å². The van der Waals surface area contributed by atoms with Crippen LogP contribution in [-0.2, 0) is 29.8 Å². The van der Waals surface area contributed by atoms with Crippen molar-refractivity contribution in [1.82, 2.24) is 10.2 Å².